The number of hydrogen-bond acceptors (Lipinski definition) is 3. The Morgan fingerprint density at radius 3 is 2.69 bits per heavy atom. The van der Waals surface area contributed by atoms with Gasteiger partial charge in [-0.25, -0.2) is 4.79 Å². The van der Waals surface area contributed by atoms with E-state index in [0.29, 0.717) is 21.3 Å². The Morgan fingerprint density at radius 1 is 1.44 bits per heavy atom. The topological polar surface area (TPSA) is 38.3 Å². The van der Waals surface area contributed by atoms with Crippen molar-refractivity contribution < 1.29 is 9.53 Å². The highest BCUT2D eigenvalue weighted by Gasteiger charge is 2.15. The first kappa shape index (κ1) is 13.1. The van der Waals surface area contributed by atoms with Crippen molar-refractivity contribution in [2.24, 2.45) is 0 Å². The third-order valence-electron chi connectivity index (χ3n) is 2.01. The molecule has 0 fully saturated rings. The zero-order chi connectivity index (χ0) is 12.1. The maximum atomic E-state index is 11.5. The zero-order valence-electron chi connectivity index (χ0n) is 9.14. The number of nitrogens with one attached hydrogen (secondary N) is 1. The van der Waals surface area contributed by atoms with Crippen LogP contribution < -0.4 is 5.32 Å². The van der Waals surface area contributed by atoms with Gasteiger partial charge in [-0.1, -0.05) is 30.1 Å². The summed E-state index contributed by atoms with van der Waals surface area (Å²) in [5.74, 6) is -0.456. The van der Waals surface area contributed by atoms with Gasteiger partial charge in [-0.05, 0) is 18.6 Å². The lowest BCUT2D eigenvalue weighted by Gasteiger charge is -2.12. The number of carbonyl (C=O) groups is 1. The molecule has 0 unspecified atom stereocenters. The molecule has 0 heterocycles. The molecule has 0 aromatic heterocycles. The maximum absolute atomic E-state index is 11.5. The molecule has 0 amide bonds. The van der Waals surface area contributed by atoms with Crippen LogP contribution in [0.25, 0.3) is 0 Å². The van der Waals surface area contributed by atoms with Gasteiger partial charge in [0.15, 0.2) is 0 Å². The number of ether oxygens (including phenoxy) is 1. The van der Waals surface area contributed by atoms with Gasteiger partial charge in [-0.15, -0.1) is 0 Å². The Labute approximate surface area is 105 Å². The van der Waals surface area contributed by atoms with Crippen LogP contribution in [0, 0.1) is 0 Å². The average molecular weight is 262 g/mol. The smallest absolute Gasteiger partial charge is 0.340 e. The first-order valence-corrected chi connectivity index (χ1v) is 5.67. The van der Waals surface area contributed by atoms with E-state index in [1.54, 1.807) is 6.07 Å². The second-order valence-electron chi connectivity index (χ2n) is 3.23. The van der Waals surface area contributed by atoms with E-state index in [1.807, 2.05) is 6.92 Å². The molecule has 0 aliphatic rings. The second kappa shape index (κ2) is 5.97. The summed E-state index contributed by atoms with van der Waals surface area (Å²) in [4.78, 5) is 11.5. The molecule has 0 bridgehead atoms. The predicted octanol–water partition coefficient (Wildman–Crippen LogP) is 3.60. The SMILES string of the molecule is CCCNc1c(Cl)cc(Cl)cc1C(=O)OC. The van der Waals surface area contributed by atoms with Crippen molar-refractivity contribution >= 4 is 34.9 Å². The number of esters is 1. The van der Waals surface area contributed by atoms with Crippen LogP contribution >= 0.6 is 23.2 Å². The maximum Gasteiger partial charge on any atom is 0.340 e. The van der Waals surface area contributed by atoms with Crippen molar-refractivity contribution in [1.82, 2.24) is 0 Å². The Morgan fingerprint density at radius 2 is 2.12 bits per heavy atom. The van der Waals surface area contributed by atoms with Crippen LogP contribution in [0.4, 0.5) is 5.69 Å². The number of anilines is 1. The zero-order valence-corrected chi connectivity index (χ0v) is 10.7. The van der Waals surface area contributed by atoms with E-state index in [1.165, 1.54) is 13.2 Å². The summed E-state index contributed by atoms with van der Waals surface area (Å²) in [5, 5.41) is 3.91. The van der Waals surface area contributed by atoms with Crippen molar-refractivity contribution in [3.8, 4) is 0 Å². The highest BCUT2D eigenvalue weighted by Crippen LogP contribution is 2.30. The molecule has 0 saturated heterocycles. The molecule has 1 rings (SSSR count). The molecule has 0 radical (unpaired) electrons. The molecule has 1 N–H and O–H groups in total. The summed E-state index contributed by atoms with van der Waals surface area (Å²) >= 11 is 11.9. The predicted molar refractivity (Wildman–Crippen MR) is 66.6 cm³/mol. The van der Waals surface area contributed by atoms with Crippen molar-refractivity contribution in [3.05, 3.63) is 27.7 Å². The normalized spacial score (nSPS) is 10.0. The molecule has 0 aliphatic heterocycles. The minimum atomic E-state index is -0.456. The van der Waals surface area contributed by atoms with Gasteiger partial charge in [0.1, 0.15) is 0 Å². The summed E-state index contributed by atoms with van der Waals surface area (Å²) in [6.07, 6.45) is 0.930. The number of methoxy groups -OCH3 is 1. The van der Waals surface area contributed by atoms with Crippen molar-refractivity contribution in [2.75, 3.05) is 19.0 Å². The van der Waals surface area contributed by atoms with Gasteiger partial charge in [0.2, 0.25) is 0 Å². The Bertz CT molecular complexity index is 394. The van der Waals surface area contributed by atoms with Crippen LogP contribution in [0.2, 0.25) is 10.0 Å². The third kappa shape index (κ3) is 3.03. The molecule has 0 saturated carbocycles. The molecule has 1 aromatic carbocycles. The largest absolute Gasteiger partial charge is 0.465 e. The van der Waals surface area contributed by atoms with E-state index in [-0.39, 0.29) is 0 Å². The molecule has 0 aliphatic carbocycles. The number of rotatable bonds is 4. The molecule has 16 heavy (non-hydrogen) atoms. The van der Waals surface area contributed by atoms with E-state index in [2.05, 4.69) is 10.1 Å². The second-order valence-corrected chi connectivity index (χ2v) is 4.07. The summed E-state index contributed by atoms with van der Waals surface area (Å²) in [6, 6.07) is 3.13. The van der Waals surface area contributed by atoms with Crippen LogP contribution in [0.3, 0.4) is 0 Å². The summed E-state index contributed by atoms with van der Waals surface area (Å²) in [7, 11) is 1.32. The minimum Gasteiger partial charge on any atom is -0.465 e. The fourth-order valence-electron chi connectivity index (χ4n) is 1.27. The monoisotopic (exact) mass is 261 g/mol. The standard InChI is InChI=1S/C11H13Cl2NO2/c1-3-4-14-10-8(11(15)16-2)5-7(12)6-9(10)13/h5-6,14H,3-4H2,1-2H3. The van der Waals surface area contributed by atoms with Crippen LogP contribution in [0.5, 0.6) is 0 Å². The van der Waals surface area contributed by atoms with Crippen molar-refractivity contribution in [1.29, 1.82) is 0 Å². The third-order valence-corrected chi connectivity index (χ3v) is 2.53. The Hall–Kier alpha value is -0.930. The number of benzene rings is 1. The van der Waals surface area contributed by atoms with E-state index in [4.69, 9.17) is 23.2 Å². The Kier molecular flexibility index (Phi) is 4.90. The summed E-state index contributed by atoms with van der Waals surface area (Å²) < 4.78 is 4.67. The van der Waals surface area contributed by atoms with Gasteiger partial charge >= 0.3 is 5.97 Å². The molecule has 88 valence electrons. The van der Waals surface area contributed by atoms with Crippen molar-refractivity contribution in [2.45, 2.75) is 13.3 Å². The number of hydrogen-bond donors (Lipinski definition) is 1. The number of carbonyl (C=O) groups excluding carboxylic acids is 1. The Balaban J connectivity index is 3.15. The van der Waals surface area contributed by atoms with Gasteiger partial charge in [0.05, 0.1) is 23.4 Å². The molecular formula is C11H13Cl2NO2. The van der Waals surface area contributed by atoms with E-state index in [9.17, 15) is 4.79 Å². The first-order valence-electron chi connectivity index (χ1n) is 4.91. The van der Waals surface area contributed by atoms with Crippen LogP contribution in [0.15, 0.2) is 12.1 Å². The number of halogens is 2. The fourth-order valence-corrected chi connectivity index (χ4v) is 1.83. The van der Waals surface area contributed by atoms with Crippen LogP contribution in [-0.4, -0.2) is 19.6 Å². The van der Waals surface area contributed by atoms with Crippen molar-refractivity contribution in [3.63, 3.8) is 0 Å². The summed E-state index contributed by atoms with van der Waals surface area (Å²) in [5.41, 5.74) is 0.924. The highest BCUT2D eigenvalue weighted by atomic mass is 35.5. The molecule has 5 heteroatoms. The minimum absolute atomic E-state index is 0.355. The quantitative estimate of drug-likeness (QED) is 0.842. The average Bonchev–Trinajstić information content (AvgIpc) is 2.26. The van der Waals surface area contributed by atoms with E-state index in [0.717, 1.165) is 13.0 Å². The van der Waals surface area contributed by atoms with Gasteiger partial charge < -0.3 is 10.1 Å². The van der Waals surface area contributed by atoms with Gasteiger partial charge in [-0.3, -0.25) is 0 Å². The van der Waals surface area contributed by atoms with Crippen LogP contribution in [-0.2, 0) is 4.74 Å². The molecular weight excluding hydrogens is 249 g/mol. The lowest BCUT2D eigenvalue weighted by Crippen LogP contribution is -2.09. The fraction of sp³-hybridized carbons (Fsp3) is 0.364. The highest BCUT2D eigenvalue weighted by molar-refractivity contribution is 6.37. The molecule has 3 nitrogen and oxygen atoms in total. The van der Waals surface area contributed by atoms with E-state index < -0.39 is 5.97 Å². The first-order chi connectivity index (χ1) is 7.60. The van der Waals surface area contributed by atoms with Gasteiger partial charge in [0.25, 0.3) is 0 Å². The molecule has 0 spiro atoms. The van der Waals surface area contributed by atoms with Gasteiger partial charge in [0, 0.05) is 11.6 Å². The van der Waals surface area contributed by atoms with Gasteiger partial charge in [-0.2, -0.15) is 0 Å². The summed E-state index contributed by atoms with van der Waals surface area (Å²) in [6.45, 7) is 2.75. The van der Waals surface area contributed by atoms with E-state index >= 15 is 0 Å². The lowest BCUT2D eigenvalue weighted by molar-refractivity contribution is 0.0602. The van der Waals surface area contributed by atoms with Crippen LogP contribution in [0.1, 0.15) is 23.7 Å². The molecule has 1 aromatic rings. The molecule has 0 atom stereocenters. The lowest BCUT2D eigenvalue weighted by atomic mass is 10.1.